The molecule has 2 N–H and O–H groups in total. The molecule has 0 unspecified atom stereocenters. The quantitative estimate of drug-likeness (QED) is 0.738. The molecule has 3 rings (SSSR count). The van der Waals surface area contributed by atoms with E-state index in [9.17, 15) is 4.79 Å². The first-order chi connectivity index (χ1) is 13.0. The molecule has 1 aliphatic carbocycles. The van der Waals surface area contributed by atoms with E-state index < -0.39 is 0 Å². The van der Waals surface area contributed by atoms with Crippen molar-refractivity contribution in [1.29, 1.82) is 0 Å². The maximum absolute atomic E-state index is 12.8. The zero-order chi connectivity index (χ0) is 19.2. The highest BCUT2D eigenvalue weighted by Crippen LogP contribution is 2.25. The standard InChI is InChI=1S/C22H34ClN3O/c1-16(2)25-22(27)21-12-20(24-13-17-6-4-3-5-7-17)15-26(21)14-18-8-10-19(23)11-9-18/h8-11,16-17,20-21,24H,3-7,12-15H2,1-2H3,(H,25,27)/t20-,21+/m1/s1. The second kappa shape index (κ2) is 9.90. The molecule has 1 amide bonds. The number of halogens is 1. The van der Waals surface area contributed by atoms with Gasteiger partial charge in [0.2, 0.25) is 5.91 Å². The van der Waals surface area contributed by atoms with Gasteiger partial charge in [0.05, 0.1) is 6.04 Å². The van der Waals surface area contributed by atoms with Crippen molar-refractivity contribution in [3.8, 4) is 0 Å². The van der Waals surface area contributed by atoms with Crippen molar-refractivity contribution in [1.82, 2.24) is 15.5 Å². The van der Waals surface area contributed by atoms with Crippen LogP contribution in [0.2, 0.25) is 5.02 Å². The van der Waals surface area contributed by atoms with E-state index >= 15 is 0 Å². The summed E-state index contributed by atoms with van der Waals surface area (Å²) in [6.45, 7) is 6.85. The normalized spacial score (nSPS) is 24.4. The molecule has 5 heteroatoms. The summed E-state index contributed by atoms with van der Waals surface area (Å²) in [5.74, 6) is 0.966. The maximum Gasteiger partial charge on any atom is 0.237 e. The van der Waals surface area contributed by atoms with Gasteiger partial charge in [-0.1, -0.05) is 43.0 Å². The molecule has 150 valence electrons. The van der Waals surface area contributed by atoms with Crippen LogP contribution in [0.25, 0.3) is 0 Å². The van der Waals surface area contributed by atoms with Crippen LogP contribution >= 0.6 is 11.6 Å². The fourth-order valence-corrected chi connectivity index (χ4v) is 4.55. The van der Waals surface area contributed by atoms with Crippen LogP contribution in [-0.4, -0.2) is 42.0 Å². The average molecular weight is 392 g/mol. The van der Waals surface area contributed by atoms with Crippen LogP contribution in [0.4, 0.5) is 0 Å². The zero-order valence-corrected chi connectivity index (χ0v) is 17.5. The lowest BCUT2D eigenvalue weighted by Gasteiger charge is -2.25. The van der Waals surface area contributed by atoms with Gasteiger partial charge in [-0.3, -0.25) is 9.69 Å². The van der Waals surface area contributed by atoms with Gasteiger partial charge >= 0.3 is 0 Å². The molecule has 2 aliphatic rings. The second-order valence-electron chi connectivity index (χ2n) is 8.58. The molecule has 1 saturated heterocycles. The third-order valence-electron chi connectivity index (χ3n) is 5.86. The summed E-state index contributed by atoms with van der Waals surface area (Å²) in [6.07, 6.45) is 7.74. The lowest BCUT2D eigenvalue weighted by molar-refractivity contribution is -0.126. The van der Waals surface area contributed by atoms with E-state index in [0.717, 1.165) is 37.0 Å². The van der Waals surface area contributed by atoms with Crippen molar-refractivity contribution in [2.24, 2.45) is 5.92 Å². The molecule has 1 heterocycles. The number of benzene rings is 1. The topological polar surface area (TPSA) is 44.4 Å². The van der Waals surface area contributed by atoms with Crippen molar-refractivity contribution in [2.75, 3.05) is 13.1 Å². The van der Waals surface area contributed by atoms with Gasteiger partial charge in [-0.15, -0.1) is 0 Å². The fourth-order valence-electron chi connectivity index (χ4n) is 4.43. The van der Waals surface area contributed by atoms with E-state index in [-0.39, 0.29) is 18.0 Å². The molecule has 27 heavy (non-hydrogen) atoms. The average Bonchev–Trinajstić information content (AvgIpc) is 3.05. The van der Waals surface area contributed by atoms with Crippen LogP contribution in [0.1, 0.15) is 57.9 Å². The second-order valence-corrected chi connectivity index (χ2v) is 9.02. The Morgan fingerprint density at radius 1 is 1.19 bits per heavy atom. The monoisotopic (exact) mass is 391 g/mol. The summed E-state index contributed by atoms with van der Waals surface area (Å²) >= 11 is 6.02. The Bertz CT molecular complexity index is 598. The summed E-state index contributed by atoms with van der Waals surface area (Å²) in [5.41, 5.74) is 1.20. The van der Waals surface area contributed by atoms with Crippen LogP contribution in [0.5, 0.6) is 0 Å². The summed E-state index contributed by atoms with van der Waals surface area (Å²) < 4.78 is 0. The zero-order valence-electron chi connectivity index (χ0n) is 16.7. The number of hydrogen-bond donors (Lipinski definition) is 2. The Morgan fingerprint density at radius 2 is 1.89 bits per heavy atom. The molecule has 4 nitrogen and oxygen atoms in total. The van der Waals surface area contributed by atoms with Gasteiger partial charge < -0.3 is 10.6 Å². The van der Waals surface area contributed by atoms with Gasteiger partial charge in [-0.25, -0.2) is 0 Å². The molecule has 2 atom stereocenters. The first-order valence-corrected chi connectivity index (χ1v) is 10.9. The minimum absolute atomic E-state index is 0.0630. The van der Waals surface area contributed by atoms with Gasteiger partial charge in [0.1, 0.15) is 0 Å². The predicted molar refractivity (Wildman–Crippen MR) is 112 cm³/mol. The Kier molecular flexibility index (Phi) is 7.57. The molecule has 1 aromatic rings. The first kappa shape index (κ1) is 20.6. The Balaban J connectivity index is 1.60. The molecule has 1 aromatic carbocycles. The summed E-state index contributed by atoms with van der Waals surface area (Å²) in [7, 11) is 0. The molecule has 0 spiro atoms. The van der Waals surface area contributed by atoms with E-state index in [1.807, 2.05) is 26.0 Å². The van der Waals surface area contributed by atoms with Crippen LogP contribution in [0.3, 0.4) is 0 Å². The number of hydrogen-bond acceptors (Lipinski definition) is 3. The van der Waals surface area contributed by atoms with Gasteiger partial charge in [0, 0.05) is 30.2 Å². The molecule has 0 aromatic heterocycles. The first-order valence-electron chi connectivity index (χ1n) is 10.5. The summed E-state index contributed by atoms with van der Waals surface area (Å²) in [5, 5.41) is 7.63. The number of nitrogens with zero attached hydrogens (tertiary/aromatic N) is 1. The highest BCUT2D eigenvalue weighted by Gasteiger charge is 2.36. The summed E-state index contributed by atoms with van der Waals surface area (Å²) in [4.78, 5) is 15.1. The van der Waals surface area contributed by atoms with Crippen molar-refractivity contribution >= 4 is 17.5 Å². The van der Waals surface area contributed by atoms with Crippen LogP contribution in [0, 0.1) is 5.92 Å². The van der Waals surface area contributed by atoms with Gasteiger partial charge in [0.25, 0.3) is 0 Å². The minimum Gasteiger partial charge on any atom is -0.353 e. The summed E-state index contributed by atoms with van der Waals surface area (Å²) in [6, 6.07) is 8.47. The van der Waals surface area contributed by atoms with E-state index in [4.69, 9.17) is 11.6 Å². The molecule has 0 radical (unpaired) electrons. The number of amides is 1. The molecule has 1 aliphatic heterocycles. The van der Waals surface area contributed by atoms with Crippen molar-refractivity contribution in [2.45, 2.75) is 77.0 Å². The third-order valence-corrected chi connectivity index (χ3v) is 6.11. The lowest BCUT2D eigenvalue weighted by atomic mass is 9.89. The SMILES string of the molecule is CC(C)NC(=O)[C@@H]1C[C@@H](NCC2CCCCC2)CN1Cc1ccc(Cl)cc1. The Labute approximate surface area is 169 Å². The van der Waals surface area contributed by atoms with Crippen LogP contribution in [0.15, 0.2) is 24.3 Å². The molecule has 2 fully saturated rings. The molecular weight excluding hydrogens is 358 g/mol. The lowest BCUT2D eigenvalue weighted by Crippen LogP contribution is -2.45. The fraction of sp³-hybridized carbons (Fsp3) is 0.682. The molecular formula is C22H34ClN3O. The molecule has 1 saturated carbocycles. The van der Waals surface area contributed by atoms with Crippen molar-refractivity contribution < 1.29 is 4.79 Å². The predicted octanol–water partition coefficient (Wildman–Crippen LogP) is 3.98. The van der Waals surface area contributed by atoms with Crippen molar-refractivity contribution in [3.05, 3.63) is 34.9 Å². The van der Waals surface area contributed by atoms with Gasteiger partial charge in [-0.2, -0.15) is 0 Å². The van der Waals surface area contributed by atoms with Crippen molar-refractivity contribution in [3.63, 3.8) is 0 Å². The van der Waals surface area contributed by atoms with Crippen LogP contribution in [-0.2, 0) is 11.3 Å². The number of carbonyl (C=O) groups excluding carboxylic acids is 1. The number of carbonyl (C=O) groups is 1. The number of nitrogens with one attached hydrogen (secondary N) is 2. The van der Waals surface area contributed by atoms with E-state index in [1.165, 1.54) is 37.7 Å². The van der Waals surface area contributed by atoms with E-state index in [0.29, 0.717) is 6.04 Å². The van der Waals surface area contributed by atoms with E-state index in [1.54, 1.807) is 0 Å². The molecule has 0 bridgehead atoms. The highest BCUT2D eigenvalue weighted by atomic mass is 35.5. The van der Waals surface area contributed by atoms with Crippen LogP contribution < -0.4 is 10.6 Å². The smallest absolute Gasteiger partial charge is 0.237 e. The largest absolute Gasteiger partial charge is 0.353 e. The number of rotatable bonds is 7. The van der Waals surface area contributed by atoms with Gasteiger partial charge in [0.15, 0.2) is 0 Å². The number of likely N-dealkylation sites (tertiary alicyclic amines) is 1. The third kappa shape index (κ3) is 6.20. The Hall–Kier alpha value is -1.10. The van der Waals surface area contributed by atoms with Gasteiger partial charge in [-0.05, 0) is 63.3 Å². The van der Waals surface area contributed by atoms with E-state index in [2.05, 4.69) is 27.7 Å². The Morgan fingerprint density at radius 3 is 2.56 bits per heavy atom. The minimum atomic E-state index is -0.0630. The highest BCUT2D eigenvalue weighted by molar-refractivity contribution is 6.30. The maximum atomic E-state index is 12.8.